The predicted octanol–water partition coefficient (Wildman–Crippen LogP) is 6.26. The Bertz CT molecular complexity index is 1240. The largest absolute Gasteiger partial charge is 0.438 e. The minimum absolute atomic E-state index is 0.0585. The molecule has 0 spiro atoms. The molecular weight excluding hydrogens is 403 g/mol. The second-order valence-corrected chi connectivity index (χ2v) is 7.84. The predicted molar refractivity (Wildman–Crippen MR) is 114 cm³/mol. The van der Waals surface area contributed by atoms with Gasteiger partial charge in [-0.3, -0.25) is 4.79 Å². The van der Waals surface area contributed by atoms with Crippen molar-refractivity contribution in [1.82, 2.24) is 9.88 Å². The first-order chi connectivity index (χ1) is 14.6. The number of amides is 1. The zero-order valence-corrected chi connectivity index (χ0v) is 16.8. The molecule has 2 heterocycles. The molecule has 150 valence electrons. The number of carbonyl (C=O) groups excluding carboxylic acids is 1. The molecule has 1 aliphatic heterocycles. The van der Waals surface area contributed by atoms with Crippen molar-refractivity contribution in [3.63, 3.8) is 0 Å². The van der Waals surface area contributed by atoms with Crippen molar-refractivity contribution >= 4 is 28.6 Å². The molecule has 1 saturated heterocycles. The van der Waals surface area contributed by atoms with E-state index in [2.05, 4.69) is 4.98 Å². The molecule has 1 amide bonds. The summed E-state index contributed by atoms with van der Waals surface area (Å²) >= 11 is 5.94. The van der Waals surface area contributed by atoms with E-state index in [0.717, 1.165) is 24.0 Å². The van der Waals surface area contributed by atoms with Gasteiger partial charge < -0.3 is 9.32 Å². The molecule has 0 radical (unpaired) electrons. The van der Waals surface area contributed by atoms with Crippen LogP contribution in [0.2, 0.25) is 5.02 Å². The number of halogens is 2. The van der Waals surface area contributed by atoms with Crippen molar-refractivity contribution in [3.8, 4) is 11.1 Å². The number of rotatable bonds is 3. The first-order valence-electron chi connectivity index (χ1n) is 9.81. The zero-order chi connectivity index (χ0) is 20.7. The van der Waals surface area contributed by atoms with Crippen LogP contribution in [0.5, 0.6) is 0 Å². The minimum Gasteiger partial charge on any atom is -0.438 e. The maximum absolute atomic E-state index is 13.6. The molecule has 0 N–H and O–H groups in total. The molecule has 5 rings (SSSR count). The number of aromatic nitrogens is 1. The summed E-state index contributed by atoms with van der Waals surface area (Å²) in [5.74, 6) is 0.189. The third-order valence-corrected chi connectivity index (χ3v) is 5.70. The second kappa shape index (κ2) is 7.58. The molecule has 3 aromatic carbocycles. The number of hydrogen-bond donors (Lipinski definition) is 0. The average Bonchev–Trinajstić information content (AvgIpc) is 3.40. The van der Waals surface area contributed by atoms with Gasteiger partial charge in [-0.05, 0) is 72.5 Å². The van der Waals surface area contributed by atoms with Gasteiger partial charge in [0.2, 0.25) is 5.89 Å². The minimum atomic E-state index is -0.282. The fourth-order valence-corrected chi connectivity index (χ4v) is 4.09. The number of nitrogens with zero attached hydrogens (tertiary/aromatic N) is 2. The van der Waals surface area contributed by atoms with Gasteiger partial charge in [0, 0.05) is 17.1 Å². The van der Waals surface area contributed by atoms with E-state index in [1.54, 1.807) is 35.2 Å². The van der Waals surface area contributed by atoms with Gasteiger partial charge in [0.05, 0.1) is 0 Å². The highest BCUT2D eigenvalue weighted by atomic mass is 35.5. The third kappa shape index (κ3) is 3.46. The molecular formula is C24H18ClFN2O2. The first kappa shape index (κ1) is 18.8. The maximum atomic E-state index is 13.6. The van der Waals surface area contributed by atoms with Crippen LogP contribution in [-0.4, -0.2) is 22.3 Å². The van der Waals surface area contributed by atoms with E-state index >= 15 is 0 Å². The van der Waals surface area contributed by atoms with Crippen LogP contribution < -0.4 is 0 Å². The van der Waals surface area contributed by atoms with Crippen LogP contribution in [-0.2, 0) is 0 Å². The molecule has 1 aliphatic rings. The van der Waals surface area contributed by atoms with Crippen LogP contribution in [0.3, 0.4) is 0 Å². The molecule has 0 unspecified atom stereocenters. The third-order valence-electron chi connectivity index (χ3n) is 5.45. The highest BCUT2D eigenvalue weighted by Crippen LogP contribution is 2.35. The first-order valence-corrected chi connectivity index (χ1v) is 10.2. The number of fused-ring (bicyclic) bond motifs is 1. The summed E-state index contributed by atoms with van der Waals surface area (Å²) in [6.45, 7) is 0.652. The SMILES string of the molecule is O=C(c1ccc(Cl)cc1)N1CCC[C@H]1c1nc2cc(-c3cccc(F)c3)ccc2o1. The zero-order valence-electron chi connectivity index (χ0n) is 16.0. The van der Waals surface area contributed by atoms with E-state index in [1.807, 2.05) is 24.3 Å². The van der Waals surface area contributed by atoms with Gasteiger partial charge >= 0.3 is 0 Å². The van der Waals surface area contributed by atoms with E-state index in [-0.39, 0.29) is 17.8 Å². The molecule has 0 bridgehead atoms. The quantitative estimate of drug-likeness (QED) is 0.392. The number of hydrogen-bond acceptors (Lipinski definition) is 3. The molecule has 30 heavy (non-hydrogen) atoms. The summed E-state index contributed by atoms with van der Waals surface area (Å²) in [6, 6.07) is 18.7. The topological polar surface area (TPSA) is 46.3 Å². The van der Waals surface area contributed by atoms with Crippen LogP contribution in [0.1, 0.15) is 35.1 Å². The second-order valence-electron chi connectivity index (χ2n) is 7.41. The Hall–Kier alpha value is -3.18. The van der Waals surface area contributed by atoms with E-state index in [4.69, 9.17) is 16.0 Å². The summed E-state index contributed by atoms with van der Waals surface area (Å²) in [5, 5.41) is 0.595. The van der Waals surface area contributed by atoms with Crippen LogP contribution in [0.4, 0.5) is 4.39 Å². The summed E-state index contributed by atoms with van der Waals surface area (Å²) in [5.41, 5.74) is 3.58. The van der Waals surface area contributed by atoms with Gasteiger partial charge in [0.1, 0.15) is 17.4 Å². The normalized spacial score (nSPS) is 16.3. The van der Waals surface area contributed by atoms with Gasteiger partial charge in [-0.2, -0.15) is 0 Å². The number of oxazole rings is 1. The van der Waals surface area contributed by atoms with E-state index < -0.39 is 0 Å². The van der Waals surface area contributed by atoms with Crippen molar-refractivity contribution in [2.75, 3.05) is 6.54 Å². The molecule has 4 aromatic rings. The van der Waals surface area contributed by atoms with Crippen molar-refractivity contribution in [3.05, 3.63) is 89.0 Å². The van der Waals surface area contributed by atoms with Crippen LogP contribution in [0, 0.1) is 5.82 Å². The van der Waals surface area contributed by atoms with Gasteiger partial charge in [-0.25, -0.2) is 9.37 Å². The van der Waals surface area contributed by atoms with Crippen molar-refractivity contribution in [1.29, 1.82) is 0 Å². The number of benzene rings is 3. The van der Waals surface area contributed by atoms with Crippen LogP contribution in [0.25, 0.3) is 22.2 Å². The highest BCUT2D eigenvalue weighted by molar-refractivity contribution is 6.30. The summed E-state index contributed by atoms with van der Waals surface area (Å²) < 4.78 is 19.6. The smallest absolute Gasteiger partial charge is 0.254 e. The Morgan fingerprint density at radius 1 is 1.07 bits per heavy atom. The standard InChI is InChI=1S/C24H18ClFN2O2/c25-18-9-6-15(7-10-18)24(29)28-12-2-5-21(28)23-27-20-14-17(8-11-22(20)30-23)16-3-1-4-19(26)13-16/h1,3-4,6-11,13-14,21H,2,5,12H2/t21-/m0/s1. The van der Waals surface area contributed by atoms with Gasteiger partial charge in [0.15, 0.2) is 5.58 Å². The summed E-state index contributed by atoms with van der Waals surface area (Å²) in [7, 11) is 0. The maximum Gasteiger partial charge on any atom is 0.254 e. The monoisotopic (exact) mass is 420 g/mol. The lowest BCUT2D eigenvalue weighted by Crippen LogP contribution is -2.30. The molecule has 6 heteroatoms. The van der Waals surface area contributed by atoms with Crippen LogP contribution >= 0.6 is 11.6 Å². The Balaban J connectivity index is 1.46. The van der Waals surface area contributed by atoms with Crippen molar-refractivity contribution in [2.24, 2.45) is 0 Å². The Kier molecular flexibility index (Phi) is 4.75. The average molecular weight is 421 g/mol. The Morgan fingerprint density at radius 3 is 2.67 bits per heavy atom. The highest BCUT2D eigenvalue weighted by Gasteiger charge is 2.34. The molecule has 1 aromatic heterocycles. The van der Waals surface area contributed by atoms with Crippen molar-refractivity contribution in [2.45, 2.75) is 18.9 Å². The fraction of sp³-hybridized carbons (Fsp3) is 0.167. The molecule has 1 fully saturated rings. The van der Waals surface area contributed by atoms with Crippen molar-refractivity contribution < 1.29 is 13.6 Å². The fourth-order valence-electron chi connectivity index (χ4n) is 3.96. The van der Waals surface area contributed by atoms with Gasteiger partial charge in [-0.15, -0.1) is 0 Å². The molecule has 4 nitrogen and oxygen atoms in total. The lowest BCUT2D eigenvalue weighted by molar-refractivity contribution is 0.0717. The Labute approximate surface area is 177 Å². The lowest BCUT2D eigenvalue weighted by atomic mass is 10.1. The number of carbonyl (C=O) groups is 1. The summed E-state index contributed by atoms with van der Waals surface area (Å²) in [4.78, 5) is 19.5. The molecule has 1 atom stereocenters. The van der Waals surface area contributed by atoms with Crippen LogP contribution in [0.15, 0.2) is 71.1 Å². The number of likely N-dealkylation sites (tertiary alicyclic amines) is 1. The Morgan fingerprint density at radius 2 is 1.87 bits per heavy atom. The van der Waals surface area contributed by atoms with E-state index in [9.17, 15) is 9.18 Å². The van der Waals surface area contributed by atoms with E-state index in [0.29, 0.717) is 34.1 Å². The lowest BCUT2D eigenvalue weighted by Gasteiger charge is -2.22. The van der Waals surface area contributed by atoms with Gasteiger partial charge in [-0.1, -0.05) is 29.8 Å². The van der Waals surface area contributed by atoms with E-state index in [1.165, 1.54) is 12.1 Å². The molecule has 0 aliphatic carbocycles. The van der Waals surface area contributed by atoms with Gasteiger partial charge in [0.25, 0.3) is 5.91 Å². The summed E-state index contributed by atoms with van der Waals surface area (Å²) in [6.07, 6.45) is 1.68. The molecule has 0 saturated carbocycles.